The molecule has 0 aliphatic heterocycles. The minimum atomic E-state index is -0.0712. The van der Waals surface area contributed by atoms with Crippen LogP contribution >= 0.6 is 12.6 Å². The number of benzene rings is 1. The number of hydrogen-bond acceptors (Lipinski definition) is 4. The number of rotatable bonds is 4. The van der Waals surface area contributed by atoms with E-state index in [0.29, 0.717) is 17.3 Å². The maximum atomic E-state index is 5.84. The van der Waals surface area contributed by atoms with Crippen LogP contribution in [0, 0.1) is 0 Å². The molecule has 0 saturated carbocycles. The molecule has 4 heteroatoms. The van der Waals surface area contributed by atoms with E-state index in [0.717, 1.165) is 5.56 Å². The van der Waals surface area contributed by atoms with Gasteiger partial charge in [0, 0.05) is 11.8 Å². The van der Waals surface area contributed by atoms with Crippen molar-refractivity contribution in [3.63, 3.8) is 0 Å². The van der Waals surface area contributed by atoms with Crippen LogP contribution in [-0.4, -0.2) is 20.0 Å². The van der Waals surface area contributed by atoms with Crippen LogP contribution in [0.25, 0.3) is 0 Å². The summed E-state index contributed by atoms with van der Waals surface area (Å²) in [6.07, 6.45) is 0. The van der Waals surface area contributed by atoms with Gasteiger partial charge in [-0.25, -0.2) is 0 Å². The van der Waals surface area contributed by atoms with Gasteiger partial charge < -0.3 is 15.2 Å². The van der Waals surface area contributed by atoms with Crippen molar-refractivity contribution in [3.8, 4) is 11.5 Å². The third-order valence-corrected chi connectivity index (χ3v) is 2.43. The molecule has 1 atom stereocenters. The summed E-state index contributed by atoms with van der Waals surface area (Å²) >= 11 is 4.14. The Bertz CT molecular complexity index is 304. The molecule has 1 unspecified atom stereocenters. The third-order valence-electron chi connectivity index (χ3n) is 2.03. The van der Waals surface area contributed by atoms with E-state index < -0.39 is 0 Å². The highest BCUT2D eigenvalue weighted by Crippen LogP contribution is 2.29. The van der Waals surface area contributed by atoms with E-state index in [9.17, 15) is 0 Å². The van der Waals surface area contributed by atoms with Gasteiger partial charge >= 0.3 is 0 Å². The van der Waals surface area contributed by atoms with Gasteiger partial charge in [0.25, 0.3) is 0 Å². The van der Waals surface area contributed by atoms with Crippen LogP contribution in [0.2, 0.25) is 0 Å². The molecule has 0 aliphatic rings. The Morgan fingerprint density at radius 2 is 1.93 bits per heavy atom. The number of methoxy groups -OCH3 is 2. The van der Waals surface area contributed by atoms with Gasteiger partial charge in [-0.1, -0.05) is 6.07 Å². The first-order valence-electron chi connectivity index (χ1n) is 4.31. The zero-order chi connectivity index (χ0) is 10.6. The van der Waals surface area contributed by atoms with Crippen molar-refractivity contribution < 1.29 is 9.47 Å². The Labute approximate surface area is 89.6 Å². The lowest BCUT2D eigenvalue weighted by Gasteiger charge is -2.12. The molecule has 0 aromatic heterocycles. The molecule has 1 aromatic carbocycles. The topological polar surface area (TPSA) is 44.5 Å². The lowest BCUT2D eigenvalue weighted by Crippen LogP contribution is -2.11. The summed E-state index contributed by atoms with van der Waals surface area (Å²) < 4.78 is 10.3. The highest BCUT2D eigenvalue weighted by molar-refractivity contribution is 7.80. The SMILES string of the molecule is COc1ccc(C(N)CS)cc1OC. The smallest absolute Gasteiger partial charge is 0.161 e. The summed E-state index contributed by atoms with van der Waals surface area (Å²) in [5, 5.41) is 0. The third kappa shape index (κ3) is 2.33. The van der Waals surface area contributed by atoms with Crippen molar-refractivity contribution in [2.45, 2.75) is 6.04 Å². The summed E-state index contributed by atoms with van der Waals surface area (Å²) in [6, 6.07) is 5.57. The van der Waals surface area contributed by atoms with Gasteiger partial charge in [-0.05, 0) is 17.7 Å². The summed E-state index contributed by atoms with van der Waals surface area (Å²) in [6.45, 7) is 0. The van der Waals surface area contributed by atoms with Gasteiger partial charge in [0.2, 0.25) is 0 Å². The van der Waals surface area contributed by atoms with E-state index in [1.165, 1.54) is 0 Å². The molecule has 0 amide bonds. The molecular weight excluding hydrogens is 198 g/mol. The van der Waals surface area contributed by atoms with Crippen molar-refractivity contribution in [1.29, 1.82) is 0 Å². The van der Waals surface area contributed by atoms with Crippen LogP contribution in [0.1, 0.15) is 11.6 Å². The first-order valence-corrected chi connectivity index (χ1v) is 4.94. The Morgan fingerprint density at radius 1 is 1.29 bits per heavy atom. The summed E-state index contributed by atoms with van der Waals surface area (Å²) in [5.74, 6) is 2.01. The van der Waals surface area contributed by atoms with Crippen LogP contribution in [0.3, 0.4) is 0 Å². The first kappa shape index (κ1) is 11.2. The molecule has 0 aliphatic carbocycles. The maximum absolute atomic E-state index is 5.84. The quantitative estimate of drug-likeness (QED) is 0.747. The second-order valence-corrected chi connectivity index (χ2v) is 3.27. The van der Waals surface area contributed by atoms with Crippen molar-refractivity contribution in [3.05, 3.63) is 23.8 Å². The molecule has 0 heterocycles. The fraction of sp³-hybridized carbons (Fsp3) is 0.400. The molecular formula is C10H15NO2S. The average Bonchev–Trinajstić information content (AvgIpc) is 2.26. The minimum absolute atomic E-state index is 0.0712. The van der Waals surface area contributed by atoms with E-state index in [-0.39, 0.29) is 6.04 Å². The van der Waals surface area contributed by atoms with Crippen LogP contribution in [0.5, 0.6) is 11.5 Å². The lowest BCUT2D eigenvalue weighted by molar-refractivity contribution is 0.354. The summed E-state index contributed by atoms with van der Waals surface area (Å²) in [7, 11) is 3.21. The Kier molecular flexibility index (Phi) is 4.10. The molecule has 0 saturated heterocycles. The number of hydrogen-bond donors (Lipinski definition) is 2. The molecule has 1 rings (SSSR count). The van der Waals surface area contributed by atoms with Crippen LogP contribution < -0.4 is 15.2 Å². The zero-order valence-electron chi connectivity index (χ0n) is 8.36. The van der Waals surface area contributed by atoms with Crippen LogP contribution in [0.15, 0.2) is 18.2 Å². The highest BCUT2D eigenvalue weighted by Gasteiger charge is 2.08. The average molecular weight is 213 g/mol. The molecule has 0 fully saturated rings. The molecule has 2 N–H and O–H groups in total. The summed E-state index contributed by atoms with van der Waals surface area (Å²) in [4.78, 5) is 0. The van der Waals surface area contributed by atoms with E-state index in [4.69, 9.17) is 15.2 Å². The zero-order valence-corrected chi connectivity index (χ0v) is 9.25. The fourth-order valence-corrected chi connectivity index (χ4v) is 1.40. The van der Waals surface area contributed by atoms with Crippen LogP contribution in [0.4, 0.5) is 0 Å². The predicted octanol–water partition coefficient (Wildman–Crippen LogP) is 1.63. The second kappa shape index (κ2) is 5.12. The number of ether oxygens (including phenoxy) is 2. The van der Waals surface area contributed by atoms with Gasteiger partial charge in [0.05, 0.1) is 14.2 Å². The van der Waals surface area contributed by atoms with Crippen molar-refractivity contribution >= 4 is 12.6 Å². The summed E-state index contributed by atoms with van der Waals surface area (Å²) in [5.41, 5.74) is 6.83. The predicted molar refractivity (Wildman–Crippen MR) is 60.3 cm³/mol. The molecule has 0 radical (unpaired) electrons. The Balaban J connectivity index is 3.01. The molecule has 14 heavy (non-hydrogen) atoms. The lowest BCUT2D eigenvalue weighted by atomic mass is 10.1. The molecule has 3 nitrogen and oxygen atoms in total. The normalized spacial score (nSPS) is 12.3. The number of nitrogens with two attached hydrogens (primary N) is 1. The maximum Gasteiger partial charge on any atom is 0.161 e. The minimum Gasteiger partial charge on any atom is -0.493 e. The van der Waals surface area contributed by atoms with Crippen molar-refractivity contribution in [2.24, 2.45) is 5.73 Å². The second-order valence-electron chi connectivity index (χ2n) is 2.90. The largest absolute Gasteiger partial charge is 0.493 e. The highest BCUT2D eigenvalue weighted by atomic mass is 32.1. The Morgan fingerprint density at radius 3 is 2.43 bits per heavy atom. The van der Waals surface area contributed by atoms with Gasteiger partial charge in [-0.2, -0.15) is 12.6 Å². The molecule has 78 valence electrons. The van der Waals surface area contributed by atoms with Gasteiger partial charge in [-0.15, -0.1) is 0 Å². The van der Waals surface area contributed by atoms with Gasteiger partial charge in [0.1, 0.15) is 0 Å². The fourth-order valence-electron chi connectivity index (χ4n) is 1.19. The Hall–Kier alpha value is -0.870. The molecule has 0 spiro atoms. The van der Waals surface area contributed by atoms with E-state index in [2.05, 4.69) is 12.6 Å². The van der Waals surface area contributed by atoms with E-state index in [1.807, 2.05) is 18.2 Å². The monoisotopic (exact) mass is 213 g/mol. The van der Waals surface area contributed by atoms with Crippen molar-refractivity contribution in [1.82, 2.24) is 0 Å². The first-order chi connectivity index (χ1) is 6.72. The standard InChI is InChI=1S/C10H15NO2S/c1-12-9-4-3-7(8(11)6-14)5-10(9)13-2/h3-5,8,14H,6,11H2,1-2H3. The van der Waals surface area contributed by atoms with E-state index in [1.54, 1.807) is 14.2 Å². The van der Waals surface area contributed by atoms with Crippen molar-refractivity contribution in [2.75, 3.05) is 20.0 Å². The molecule has 0 bridgehead atoms. The van der Waals surface area contributed by atoms with Crippen LogP contribution in [-0.2, 0) is 0 Å². The molecule has 1 aromatic rings. The van der Waals surface area contributed by atoms with Gasteiger partial charge in [0.15, 0.2) is 11.5 Å². The number of thiol groups is 1. The van der Waals surface area contributed by atoms with E-state index >= 15 is 0 Å². The van der Waals surface area contributed by atoms with Gasteiger partial charge in [-0.3, -0.25) is 0 Å².